The highest BCUT2D eigenvalue weighted by atomic mass is 79.9. The van der Waals surface area contributed by atoms with Crippen molar-refractivity contribution in [1.29, 1.82) is 0 Å². The Hall–Kier alpha value is -0.680. The van der Waals surface area contributed by atoms with Crippen LogP contribution in [0.2, 0.25) is 0 Å². The number of amides is 2. The standard InChI is InChI=1S/C16H17Br2NO2/c1-8-3-4-14(9(2)5-8)19-15(20)10-6-12(17)13(18)7-11(10)16(19)21/h3-5,10-13H,6-7H2,1-2H3/t10-,11-,12+,13+/m1/s1. The van der Waals surface area contributed by atoms with Crippen LogP contribution in [0.15, 0.2) is 18.2 Å². The van der Waals surface area contributed by atoms with E-state index in [2.05, 4.69) is 31.9 Å². The monoisotopic (exact) mass is 413 g/mol. The molecule has 1 aliphatic heterocycles. The number of benzene rings is 1. The second kappa shape index (κ2) is 5.51. The summed E-state index contributed by atoms with van der Waals surface area (Å²) in [5.41, 5.74) is 2.84. The Bertz CT molecular complexity index is 588. The molecule has 4 atom stereocenters. The molecule has 0 aromatic heterocycles. The van der Waals surface area contributed by atoms with Gasteiger partial charge in [0.2, 0.25) is 11.8 Å². The quantitative estimate of drug-likeness (QED) is 0.518. The number of hydrogen-bond acceptors (Lipinski definition) is 2. The number of imide groups is 1. The lowest BCUT2D eigenvalue weighted by Gasteiger charge is -2.29. The van der Waals surface area contributed by atoms with Crippen molar-refractivity contribution in [1.82, 2.24) is 0 Å². The SMILES string of the molecule is Cc1ccc(N2C(=O)[C@@H]3C[C@H](Br)[C@@H](Br)C[C@H]3C2=O)c(C)c1. The molecule has 112 valence electrons. The van der Waals surface area contributed by atoms with Crippen molar-refractivity contribution in [3.63, 3.8) is 0 Å². The molecule has 0 spiro atoms. The molecule has 1 heterocycles. The molecule has 1 aliphatic carbocycles. The van der Waals surface area contributed by atoms with Crippen molar-refractivity contribution in [2.45, 2.75) is 36.3 Å². The third kappa shape index (κ3) is 2.48. The Labute approximate surface area is 141 Å². The first-order valence-corrected chi connectivity index (χ1v) is 8.96. The lowest BCUT2D eigenvalue weighted by Crippen LogP contribution is -2.34. The molecule has 2 fully saturated rings. The van der Waals surface area contributed by atoms with Crippen molar-refractivity contribution < 1.29 is 9.59 Å². The number of carbonyl (C=O) groups is 2. The third-order valence-electron chi connectivity index (χ3n) is 4.50. The minimum atomic E-state index is -0.184. The largest absolute Gasteiger partial charge is 0.274 e. The van der Waals surface area contributed by atoms with E-state index in [1.807, 2.05) is 32.0 Å². The fraction of sp³-hybridized carbons (Fsp3) is 0.500. The van der Waals surface area contributed by atoms with Crippen LogP contribution in [0.3, 0.4) is 0 Å². The van der Waals surface area contributed by atoms with Crippen molar-refractivity contribution in [3.05, 3.63) is 29.3 Å². The van der Waals surface area contributed by atoms with Gasteiger partial charge in [0.05, 0.1) is 17.5 Å². The number of anilines is 1. The molecule has 1 saturated heterocycles. The van der Waals surface area contributed by atoms with Crippen LogP contribution in [-0.4, -0.2) is 21.5 Å². The average Bonchev–Trinajstić information content (AvgIpc) is 2.64. The minimum absolute atomic E-state index is 0.0409. The van der Waals surface area contributed by atoms with Crippen molar-refractivity contribution >= 4 is 49.4 Å². The van der Waals surface area contributed by atoms with E-state index in [4.69, 9.17) is 0 Å². The van der Waals surface area contributed by atoms with E-state index in [0.717, 1.165) is 16.8 Å². The maximum Gasteiger partial charge on any atom is 0.237 e. The molecule has 0 N–H and O–H groups in total. The highest BCUT2D eigenvalue weighted by Crippen LogP contribution is 2.44. The number of hydrogen-bond donors (Lipinski definition) is 0. The number of rotatable bonds is 1. The van der Waals surface area contributed by atoms with E-state index in [9.17, 15) is 9.59 Å². The fourth-order valence-electron chi connectivity index (χ4n) is 3.39. The van der Waals surface area contributed by atoms with E-state index in [1.54, 1.807) is 0 Å². The first-order chi connectivity index (χ1) is 9.90. The maximum atomic E-state index is 12.7. The van der Waals surface area contributed by atoms with E-state index in [-0.39, 0.29) is 33.3 Å². The van der Waals surface area contributed by atoms with Crippen LogP contribution >= 0.6 is 31.9 Å². The topological polar surface area (TPSA) is 37.4 Å². The van der Waals surface area contributed by atoms with Gasteiger partial charge in [0.1, 0.15) is 0 Å². The van der Waals surface area contributed by atoms with Crippen molar-refractivity contribution in [3.8, 4) is 0 Å². The molecule has 1 aromatic rings. The zero-order valence-corrected chi connectivity index (χ0v) is 15.1. The fourth-order valence-corrected chi connectivity index (χ4v) is 4.63. The predicted molar refractivity (Wildman–Crippen MR) is 90.1 cm³/mol. The van der Waals surface area contributed by atoms with E-state index in [1.165, 1.54) is 4.90 Å². The lowest BCUT2D eigenvalue weighted by atomic mass is 9.81. The van der Waals surface area contributed by atoms with Gasteiger partial charge in [0.15, 0.2) is 0 Å². The van der Waals surface area contributed by atoms with Crippen LogP contribution in [0.4, 0.5) is 5.69 Å². The number of aryl methyl sites for hydroxylation is 2. The third-order valence-corrected chi connectivity index (χ3v) is 7.24. The molecular formula is C16H17Br2NO2. The molecule has 0 bridgehead atoms. The van der Waals surface area contributed by atoms with Gasteiger partial charge in [-0.3, -0.25) is 9.59 Å². The zero-order chi connectivity index (χ0) is 15.3. The summed E-state index contributed by atoms with van der Waals surface area (Å²) in [6.07, 6.45) is 1.43. The van der Waals surface area contributed by atoms with Gasteiger partial charge in [0, 0.05) is 9.65 Å². The van der Waals surface area contributed by atoms with Crippen LogP contribution in [0.25, 0.3) is 0 Å². The maximum absolute atomic E-state index is 12.7. The molecule has 0 unspecified atom stereocenters. The lowest BCUT2D eigenvalue weighted by molar-refractivity contribution is -0.122. The molecular weight excluding hydrogens is 398 g/mol. The van der Waals surface area contributed by atoms with Crippen molar-refractivity contribution in [2.75, 3.05) is 4.90 Å². The number of halogens is 2. The Morgan fingerprint density at radius 3 is 2.00 bits per heavy atom. The summed E-state index contributed by atoms with van der Waals surface area (Å²) < 4.78 is 0. The zero-order valence-electron chi connectivity index (χ0n) is 12.0. The molecule has 2 amide bonds. The Balaban J connectivity index is 1.97. The van der Waals surface area contributed by atoms with Gasteiger partial charge in [-0.05, 0) is 38.3 Å². The predicted octanol–water partition coefficient (Wildman–Crippen LogP) is 3.73. The Morgan fingerprint density at radius 1 is 1.00 bits per heavy atom. The number of alkyl halides is 2. The summed E-state index contributed by atoms with van der Waals surface area (Å²) in [4.78, 5) is 27.3. The van der Waals surface area contributed by atoms with Crippen LogP contribution < -0.4 is 4.90 Å². The first kappa shape index (κ1) is 15.2. The molecule has 0 radical (unpaired) electrons. The Morgan fingerprint density at radius 2 is 1.52 bits per heavy atom. The molecule has 5 heteroatoms. The summed E-state index contributed by atoms with van der Waals surface area (Å²) in [5.74, 6) is -0.450. The molecule has 1 saturated carbocycles. The van der Waals surface area contributed by atoms with Crippen LogP contribution in [-0.2, 0) is 9.59 Å². The van der Waals surface area contributed by atoms with Gasteiger partial charge < -0.3 is 0 Å². The number of fused-ring (bicyclic) bond motifs is 1. The second-order valence-corrected chi connectivity index (χ2v) is 8.37. The van der Waals surface area contributed by atoms with E-state index >= 15 is 0 Å². The molecule has 2 aliphatic rings. The van der Waals surface area contributed by atoms with Gasteiger partial charge in [-0.1, -0.05) is 49.6 Å². The molecule has 1 aromatic carbocycles. The van der Waals surface area contributed by atoms with Gasteiger partial charge in [-0.2, -0.15) is 0 Å². The van der Waals surface area contributed by atoms with E-state index < -0.39 is 0 Å². The summed E-state index contributed by atoms with van der Waals surface area (Å²) in [7, 11) is 0. The number of nitrogens with zero attached hydrogens (tertiary/aromatic N) is 1. The van der Waals surface area contributed by atoms with Crippen LogP contribution in [0.1, 0.15) is 24.0 Å². The summed E-state index contributed by atoms with van der Waals surface area (Å²) in [6.45, 7) is 3.96. The molecule has 3 nitrogen and oxygen atoms in total. The van der Waals surface area contributed by atoms with Gasteiger partial charge in [0.25, 0.3) is 0 Å². The van der Waals surface area contributed by atoms with Crippen LogP contribution in [0.5, 0.6) is 0 Å². The molecule has 21 heavy (non-hydrogen) atoms. The normalized spacial score (nSPS) is 32.5. The summed E-state index contributed by atoms with van der Waals surface area (Å²) in [6, 6.07) is 5.85. The average molecular weight is 415 g/mol. The highest BCUT2D eigenvalue weighted by molar-refractivity contribution is 9.12. The summed E-state index contributed by atoms with van der Waals surface area (Å²) in [5, 5.41) is 0. The van der Waals surface area contributed by atoms with Crippen LogP contribution in [0, 0.1) is 25.7 Å². The minimum Gasteiger partial charge on any atom is -0.274 e. The van der Waals surface area contributed by atoms with Gasteiger partial charge in [-0.15, -0.1) is 0 Å². The van der Waals surface area contributed by atoms with Gasteiger partial charge >= 0.3 is 0 Å². The molecule has 3 rings (SSSR count). The van der Waals surface area contributed by atoms with E-state index in [0.29, 0.717) is 12.8 Å². The van der Waals surface area contributed by atoms with Gasteiger partial charge in [-0.25, -0.2) is 4.90 Å². The number of carbonyl (C=O) groups excluding carboxylic acids is 2. The van der Waals surface area contributed by atoms with Crippen molar-refractivity contribution in [2.24, 2.45) is 11.8 Å². The first-order valence-electron chi connectivity index (χ1n) is 7.13. The summed E-state index contributed by atoms with van der Waals surface area (Å²) >= 11 is 7.22. The highest BCUT2D eigenvalue weighted by Gasteiger charge is 2.52. The second-order valence-electron chi connectivity index (χ2n) is 6.02. The Kier molecular flexibility index (Phi) is 3.99. The smallest absolute Gasteiger partial charge is 0.237 e.